The molecule has 0 aliphatic rings. The zero-order valence-electron chi connectivity index (χ0n) is 11.6. The number of hydrogen-bond donors (Lipinski definition) is 1. The topological polar surface area (TPSA) is 50.7 Å². The minimum absolute atomic E-state index is 0.120. The summed E-state index contributed by atoms with van der Waals surface area (Å²) in [6.07, 6.45) is 5.44. The molecule has 3 nitrogen and oxygen atoms in total. The highest BCUT2D eigenvalue weighted by atomic mass is 14.8. The standard InChI is InChI=1S/C14H25N3/c1-7-16-12(5)8-14(10(2)3)17-9-11(4)13(6)15/h7-11,13H,1,15H2,2-6H3/b14-8-,16-12?,17-9?. The van der Waals surface area contributed by atoms with Crippen molar-refractivity contribution in [3.63, 3.8) is 0 Å². The molecule has 0 spiro atoms. The maximum atomic E-state index is 5.80. The van der Waals surface area contributed by atoms with Gasteiger partial charge in [-0.1, -0.05) is 27.4 Å². The summed E-state index contributed by atoms with van der Waals surface area (Å²) in [5.74, 6) is 0.635. The maximum absolute atomic E-state index is 5.80. The van der Waals surface area contributed by atoms with Crippen molar-refractivity contribution in [2.75, 3.05) is 0 Å². The first kappa shape index (κ1) is 15.8. The van der Waals surface area contributed by atoms with Crippen molar-refractivity contribution in [3.8, 4) is 0 Å². The van der Waals surface area contributed by atoms with Crippen molar-refractivity contribution in [1.29, 1.82) is 0 Å². The SMILES string of the molecule is C=CN=C(C)/C=C(\N=CC(C)C(C)N)C(C)C. The monoisotopic (exact) mass is 235 g/mol. The highest BCUT2D eigenvalue weighted by Gasteiger charge is 2.06. The van der Waals surface area contributed by atoms with Gasteiger partial charge in [-0.05, 0) is 25.8 Å². The average molecular weight is 235 g/mol. The predicted molar refractivity (Wildman–Crippen MR) is 77.5 cm³/mol. The van der Waals surface area contributed by atoms with Crippen LogP contribution in [0.1, 0.15) is 34.6 Å². The van der Waals surface area contributed by atoms with Crippen LogP contribution in [0.3, 0.4) is 0 Å². The molecule has 3 heteroatoms. The quantitative estimate of drug-likeness (QED) is 0.706. The largest absolute Gasteiger partial charge is 0.327 e. The molecule has 17 heavy (non-hydrogen) atoms. The second kappa shape index (κ2) is 7.96. The molecule has 0 saturated carbocycles. The molecular weight excluding hydrogens is 210 g/mol. The number of rotatable bonds is 6. The average Bonchev–Trinajstić information content (AvgIpc) is 2.23. The Hall–Kier alpha value is -1.22. The number of allylic oxidation sites excluding steroid dienone is 2. The van der Waals surface area contributed by atoms with Crippen molar-refractivity contribution in [2.24, 2.45) is 27.6 Å². The van der Waals surface area contributed by atoms with E-state index in [1.165, 1.54) is 6.20 Å². The smallest absolute Gasteiger partial charge is 0.0443 e. The summed E-state index contributed by atoms with van der Waals surface area (Å²) in [4.78, 5) is 8.62. The molecule has 96 valence electrons. The molecular formula is C14H25N3. The van der Waals surface area contributed by atoms with Gasteiger partial charge in [0.15, 0.2) is 0 Å². The number of nitrogens with two attached hydrogens (primary N) is 1. The first-order valence-corrected chi connectivity index (χ1v) is 6.05. The lowest BCUT2D eigenvalue weighted by molar-refractivity contribution is 0.620. The molecule has 0 aliphatic carbocycles. The van der Waals surface area contributed by atoms with Gasteiger partial charge in [-0.2, -0.15) is 0 Å². The number of nitrogens with zero attached hydrogens (tertiary/aromatic N) is 2. The molecule has 0 bridgehead atoms. The lowest BCUT2D eigenvalue weighted by atomic mass is 10.1. The maximum Gasteiger partial charge on any atom is 0.0443 e. The van der Waals surface area contributed by atoms with E-state index in [0.29, 0.717) is 5.92 Å². The van der Waals surface area contributed by atoms with Crippen LogP contribution in [0.4, 0.5) is 0 Å². The summed E-state index contributed by atoms with van der Waals surface area (Å²) in [7, 11) is 0. The first-order valence-electron chi connectivity index (χ1n) is 6.05. The third kappa shape index (κ3) is 6.84. The van der Waals surface area contributed by atoms with Gasteiger partial charge in [0, 0.05) is 35.8 Å². The fourth-order valence-corrected chi connectivity index (χ4v) is 1.09. The molecule has 0 aromatic rings. The molecule has 0 amide bonds. The Morgan fingerprint density at radius 1 is 1.24 bits per heavy atom. The lowest BCUT2D eigenvalue weighted by Crippen LogP contribution is -2.25. The van der Waals surface area contributed by atoms with Crippen molar-refractivity contribution < 1.29 is 0 Å². The second-order valence-corrected chi connectivity index (χ2v) is 4.67. The zero-order valence-corrected chi connectivity index (χ0v) is 11.6. The molecule has 0 radical (unpaired) electrons. The van der Waals surface area contributed by atoms with E-state index in [0.717, 1.165) is 11.4 Å². The van der Waals surface area contributed by atoms with Crippen LogP contribution in [0.5, 0.6) is 0 Å². The summed E-state index contributed by atoms with van der Waals surface area (Å²) in [5, 5.41) is 0. The van der Waals surface area contributed by atoms with Gasteiger partial charge in [-0.3, -0.25) is 9.98 Å². The fraction of sp³-hybridized carbons (Fsp3) is 0.571. The van der Waals surface area contributed by atoms with Crippen LogP contribution in [-0.4, -0.2) is 18.0 Å². The Morgan fingerprint density at radius 3 is 2.24 bits per heavy atom. The molecule has 2 atom stereocenters. The van der Waals surface area contributed by atoms with Crippen LogP contribution in [0, 0.1) is 11.8 Å². The molecule has 2 N–H and O–H groups in total. The number of aliphatic imine (C=N–C) groups is 2. The van der Waals surface area contributed by atoms with Crippen LogP contribution in [-0.2, 0) is 0 Å². The van der Waals surface area contributed by atoms with E-state index in [-0.39, 0.29) is 12.0 Å². The van der Waals surface area contributed by atoms with Gasteiger partial charge < -0.3 is 5.73 Å². The molecule has 2 unspecified atom stereocenters. The van der Waals surface area contributed by atoms with E-state index < -0.39 is 0 Å². The van der Waals surface area contributed by atoms with Gasteiger partial charge >= 0.3 is 0 Å². The molecule has 0 aromatic heterocycles. The predicted octanol–water partition coefficient (Wildman–Crippen LogP) is 3.18. The van der Waals surface area contributed by atoms with E-state index in [1.54, 1.807) is 0 Å². The van der Waals surface area contributed by atoms with E-state index in [9.17, 15) is 0 Å². The Morgan fingerprint density at radius 2 is 1.82 bits per heavy atom. The Labute approximate surface area is 105 Å². The molecule has 0 aliphatic heterocycles. The molecule has 0 saturated heterocycles. The van der Waals surface area contributed by atoms with Crippen molar-refractivity contribution in [3.05, 3.63) is 24.6 Å². The fourth-order valence-electron chi connectivity index (χ4n) is 1.09. The van der Waals surface area contributed by atoms with Gasteiger partial charge in [-0.15, -0.1) is 0 Å². The van der Waals surface area contributed by atoms with Gasteiger partial charge in [0.2, 0.25) is 0 Å². The van der Waals surface area contributed by atoms with E-state index in [4.69, 9.17) is 5.73 Å². The van der Waals surface area contributed by atoms with Crippen molar-refractivity contribution in [2.45, 2.75) is 40.7 Å². The molecule has 0 aromatic carbocycles. The Bertz CT molecular complexity index is 322. The normalized spacial score (nSPS) is 17.6. The van der Waals surface area contributed by atoms with Gasteiger partial charge in [0.25, 0.3) is 0 Å². The van der Waals surface area contributed by atoms with Crippen molar-refractivity contribution >= 4 is 11.9 Å². The molecule has 0 rings (SSSR count). The highest BCUT2D eigenvalue weighted by Crippen LogP contribution is 2.12. The summed E-state index contributed by atoms with van der Waals surface area (Å²) in [5.41, 5.74) is 7.73. The van der Waals surface area contributed by atoms with E-state index in [1.807, 2.05) is 26.1 Å². The molecule has 0 fully saturated rings. The molecule has 0 heterocycles. The third-order valence-corrected chi connectivity index (χ3v) is 2.53. The number of hydrogen-bond acceptors (Lipinski definition) is 3. The van der Waals surface area contributed by atoms with Crippen molar-refractivity contribution in [1.82, 2.24) is 0 Å². The minimum atomic E-state index is 0.120. The highest BCUT2D eigenvalue weighted by molar-refractivity contribution is 5.94. The zero-order chi connectivity index (χ0) is 13.4. The lowest BCUT2D eigenvalue weighted by Gasteiger charge is -2.11. The van der Waals surface area contributed by atoms with E-state index >= 15 is 0 Å². The van der Waals surface area contributed by atoms with Crippen LogP contribution >= 0.6 is 0 Å². The Balaban J connectivity index is 4.89. The summed E-state index contributed by atoms with van der Waals surface area (Å²) in [6.45, 7) is 13.8. The van der Waals surface area contributed by atoms with Gasteiger partial charge in [0.05, 0.1) is 0 Å². The summed E-state index contributed by atoms with van der Waals surface area (Å²) < 4.78 is 0. The van der Waals surface area contributed by atoms with Gasteiger partial charge in [-0.25, -0.2) is 0 Å². The minimum Gasteiger partial charge on any atom is -0.327 e. The Kier molecular flexibility index (Phi) is 7.39. The van der Waals surface area contributed by atoms with E-state index in [2.05, 4.69) is 37.3 Å². The summed E-state index contributed by atoms with van der Waals surface area (Å²) >= 11 is 0. The second-order valence-electron chi connectivity index (χ2n) is 4.67. The van der Waals surface area contributed by atoms with Crippen LogP contribution < -0.4 is 5.73 Å². The third-order valence-electron chi connectivity index (χ3n) is 2.53. The van der Waals surface area contributed by atoms with Crippen LogP contribution in [0.15, 0.2) is 34.5 Å². The first-order chi connectivity index (χ1) is 7.88. The van der Waals surface area contributed by atoms with Crippen LogP contribution in [0.25, 0.3) is 0 Å². The summed E-state index contributed by atoms with van der Waals surface area (Å²) in [6, 6.07) is 0.120. The van der Waals surface area contributed by atoms with Gasteiger partial charge in [0.1, 0.15) is 0 Å². The van der Waals surface area contributed by atoms with Crippen LogP contribution in [0.2, 0.25) is 0 Å².